The average Bonchev–Trinajstić information content (AvgIpc) is 4.08. The van der Waals surface area contributed by atoms with Gasteiger partial charge in [0.25, 0.3) is 5.91 Å². The zero-order chi connectivity index (χ0) is 58.6. The molecule has 2 aliphatic rings. The van der Waals surface area contributed by atoms with Crippen LogP contribution in [0, 0.1) is 5.21 Å². The molecule has 2 aliphatic heterocycles. The lowest BCUT2D eigenvalue weighted by atomic mass is 10.00. The minimum Gasteiger partial charge on any atom is -0.624 e. The maximum atomic E-state index is 14.4. The molecule has 0 radical (unpaired) electrons. The van der Waals surface area contributed by atoms with Crippen molar-refractivity contribution in [1.29, 1.82) is 0 Å². The zero-order valence-electron chi connectivity index (χ0n) is 42.4. The van der Waals surface area contributed by atoms with Crippen LogP contribution in [0.2, 0.25) is 0 Å². The summed E-state index contributed by atoms with van der Waals surface area (Å²) < 4.78 is -0.0150. The molecule has 0 saturated carbocycles. The van der Waals surface area contributed by atoms with Gasteiger partial charge in [-0.3, -0.25) is 67.6 Å². The third-order valence-electron chi connectivity index (χ3n) is 11.8. The zero-order valence-corrected chi connectivity index (χ0v) is 44.0. The number of H-pyrrole nitrogens is 1. The van der Waals surface area contributed by atoms with Gasteiger partial charge in [0.2, 0.25) is 65.6 Å². The van der Waals surface area contributed by atoms with Gasteiger partial charge in [0.05, 0.1) is 37.1 Å². The SMILES string of the molecule is C=[N+]([O-])CC(=O)NC1CSSCC(C(=O)NCC(=O)O)NC(=O)C(C(C)O)NC(=O)C(CCC(N)=O)NC(=O)C(CC(N)=O)NC(C=O)(C(C)O)NC(=O)C(Cc2cnc[nH]2)NC(=O)C2CCCN2C(=O)C(C(C)O)NC1=O. The van der Waals surface area contributed by atoms with Gasteiger partial charge in [-0.25, -0.2) is 9.72 Å². The fourth-order valence-corrected chi connectivity index (χ4v) is 9.99. The van der Waals surface area contributed by atoms with Gasteiger partial charge in [-0.1, -0.05) is 21.6 Å². The highest BCUT2D eigenvalue weighted by Crippen LogP contribution is 2.25. The van der Waals surface area contributed by atoms with Crippen LogP contribution in [0.5, 0.6) is 0 Å². The van der Waals surface area contributed by atoms with Crippen LogP contribution in [0.25, 0.3) is 0 Å². The van der Waals surface area contributed by atoms with Crippen molar-refractivity contribution < 1.29 is 87.5 Å². The summed E-state index contributed by atoms with van der Waals surface area (Å²) >= 11 is 0. The number of imidazole rings is 1. The summed E-state index contributed by atoms with van der Waals surface area (Å²) in [4.78, 5) is 182. The molecule has 3 rings (SSSR count). The summed E-state index contributed by atoms with van der Waals surface area (Å²) in [5, 5.41) is 74.2. The normalized spacial score (nSPS) is 26.9. The van der Waals surface area contributed by atoms with Crippen molar-refractivity contribution in [2.24, 2.45) is 11.5 Å². The quantitative estimate of drug-likeness (QED) is 0.0172. The number of aliphatic carboxylic acids is 1. The number of carbonyl (C=O) groups is 13. The minimum absolute atomic E-state index is 0.0150. The molecule has 12 unspecified atom stereocenters. The molecule has 3 heterocycles. The topological polar surface area (TPSA) is 521 Å². The summed E-state index contributed by atoms with van der Waals surface area (Å²) in [5.74, 6) is -15.1. The lowest BCUT2D eigenvalue weighted by Gasteiger charge is -2.37. The van der Waals surface area contributed by atoms with Crippen LogP contribution < -0.4 is 59.3 Å². The number of carboxylic acids is 1. The van der Waals surface area contributed by atoms with Gasteiger partial charge < -0.3 is 89.5 Å². The summed E-state index contributed by atoms with van der Waals surface area (Å²) in [6, 6.07) is -14.2. The smallest absolute Gasteiger partial charge is 0.322 e. The highest BCUT2D eigenvalue weighted by molar-refractivity contribution is 8.76. The van der Waals surface area contributed by atoms with Gasteiger partial charge in [0.1, 0.15) is 55.6 Å². The third kappa shape index (κ3) is 19.8. The standard InChI is InChI=1S/C43H65N15O18S2/c1-19(60)33-41(74)52-26(35(68)47-13-32(66)67)15-77-78-16-27(49-31(65)14-57(4)76)38(71)54-34(20(2)61)42(75)58-9-5-6-28(58)40(73)51-24(10-22-12-46-18-48-22)39(72)56-43(17-59,21(3)62)55-25(11-30(45)64)37(70)50-23(36(69)53-33)7-8-29(44)63/h12,17-21,23-28,33-34,55,60-62H,4-11,13-16H2,1-3H3,(H2,44,63)(H2,45,64)(H,46,48)(H,47,68)(H,49,65)(H,50,70)(H,51,73)(H,52,74)(H,53,69)(H,54,71)(H,56,72)(H,66,67). The number of hydrogen-bond acceptors (Lipinski definition) is 21. The molecule has 1 aromatic rings. The molecule has 0 spiro atoms. The number of fused-ring (bicyclic) bond motifs is 1. The number of hydroxylamine groups is 1. The number of aliphatic hydroxyl groups is 3. The summed E-state index contributed by atoms with van der Waals surface area (Å²) in [6.07, 6.45) is -5.61. The van der Waals surface area contributed by atoms with Crippen LogP contribution in [0.1, 0.15) is 58.6 Å². The van der Waals surface area contributed by atoms with Gasteiger partial charge in [-0.05, 0) is 40.0 Å². The first-order chi connectivity index (χ1) is 36.6. The number of nitrogens with one attached hydrogen (secondary N) is 10. The lowest BCUT2D eigenvalue weighted by Crippen LogP contribution is -2.72. The van der Waals surface area contributed by atoms with Crippen molar-refractivity contribution in [3.8, 4) is 0 Å². The number of aldehydes is 1. The molecule has 2 saturated heterocycles. The van der Waals surface area contributed by atoms with Crippen molar-refractivity contribution in [1.82, 2.24) is 62.7 Å². The number of rotatable bonds is 17. The number of carbonyl (C=O) groups excluding carboxylic acids is 12. The third-order valence-corrected chi connectivity index (χ3v) is 14.2. The van der Waals surface area contributed by atoms with Crippen molar-refractivity contribution in [2.75, 3.05) is 31.1 Å². The Morgan fingerprint density at radius 3 is 2.06 bits per heavy atom. The number of primary amides is 2. The second-order valence-electron chi connectivity index (χ2n) is 18.1. The predicted octanol–water partition coefficient (Wildman–Crippen LogP) is -9.09. The Morgan fingerprint density at radius 2 is 1.50 bits per heavy atom. The number of carboxylic acid groups (broad SMARTS) is 1. The molecule has 1 aromatic heterocycles. The molecule has 33 nitrogen and oxygen atoms in total. The first-order valence-electron chi connectivity index (χ1n) is 23.8. The second kappa shape index (κ2) is 30.5. The molecule has 0 aromatic carbocycles. The van der Waals surface area contributed by atoms with E-state index in [2.05, 4.69) is 64.5 Å². The highest BCUT2D eigenvalue weighted by Gasteiger charge is 2.45. The second-order valence-corrected chi connectivity index (χ2v) is 20.6. The van der Waals surface area contributed by atoms with Crippen LogP contribution in [0.15, 0.2) is 12.5 Å². The van der Waals surface area contributed by atoms with Gasteiger partial charge in [0, 0.05) is 42.8 Å². The van der Waals surface area contributed by atoms with E-state index in [0.29, 0.717) is 0 Å². The van der Waals surface area contributed by atoms with Gasteiger partial charge in [-0.2, -0.15) is 0 Å². The van der Waals surface area contributed by atoms with E-state index < -0.39 is 194 Å². The van der Waals surface area contributed by atoms with E-state index in [1.165, 1.54) is 12.5 Å². The van der Waals surface area contributed by atoms with E-state index >= 15 is 0 Å². The summed E-state index contributed by atoms with van der Waals surface area (Å²) in [7, 11) is 1.51. The van der Waals surface area contributed by atoms with E-state index in [-0.39, 0.29) is 36.1 Å². The number of aromatic nitrogens is 2. The Bertz CT molecular complexity index is 2400. The number of nitrogens with two attached hydrogens (primary N) is 2. The van der Waals surface area contributed by atoms with Crippen molar-refractivity contribution >= 4 is 106 Å². The Labute approximate surface area is 452 Å². The Hall–Kier alpha value is -7.47. The highest BCUT2D eigenvalue weighted by atomic mass is 33.1. The van der Waals surface area contributed by atoms with Gasteiger partial charge >= 0.3 is 5.97 Å². The van der Waals surface area contributed by atoms with Crippen LogP contribution in [-0.2, 0) is 68.7 Å². The largest absolute Gasteiger partial charge is 0.624 e. The molecular weight excluding hydrogens is 1080 g/mol. The van der Waals surface area contributed by atoms with Crippen molar-refractivity contribution in [3.63, 3.8) is 0 Å². The molecule has 11 amide bonds. The Kier molecular flexibility index (Phi) is 25.3. The number of nitrogens with zero attached hydrogens (tertiary/aromatic N) is 3. The number of aliphatic hydroxyl groups excluding tert-OH is 3. The molecule has 35 heteroatoms. The summed E-state index contributed by atoms with van der Waals surface area (Å²) in [6.45, 7) is 4.21. The molecule has 0 aliphatic carbocycles. The monoisotopic (exact) mass is 1140 g/mol. The maximum absolute atomic E-state index is 14.4. The van der Waals surface area contributed by atoms with Crippen LogP contribution in [0.4, 0.5) is 0 Å². The fourth-order valence-electron chi connectivity index (χ4n) is 7.66. The van der Waals surface area contributed by atoms with E-state index in [1.54, 1.807) is 0 Å². The minimum atomic E-state index is -2.75. The van der Waals surface area contributed by atoms with Crippen LogP contribution >= 0.6 is 21.6 Å². The molecule has 0 bridgehead atoms. The van der Waals surface area contributed by atoms with Crippen molar-refractivity contribution in [2.45, 2.75) is 132 Å². The van der Waals surface area contributed by atoms with Crippen LogP contribution in [0.3, 0.4) is 0 Å². The predicted molar refractivity (Wildman–Crippen MR) is 271 cm³/mol. The van der Waals surface area contributed by atoms with E-state index in [4.69, 9.17) is 11.5 Å². The molecule has 18 N–H and O–H groups in total. The van der Waals surface area contributed by atoms with E-state index in [9.17, 15) is 88.0 Å². The molecule has 2 fully saturated rings. The van der Waals surface area contributed by atoms with E-state index in [1.807, 2.05) is 0 Å². The van der Waals surface area contributed by atoms with E-state index in [0.717, 1.165) is 47.3 Å². The molecule has 78 heavy (non-hydrogen) atoms. The Balaban J connectivity index is 2.24. The molecular formula is C43H65N15O18S2. The molecule has 432 valence electrons. The fraction of sp³-hybridized carbons (Fsp3) is 0.605. The first-order valence-corrected chi connectivity index (χ1v) is 26.3. The average molecular weight is 1140 g/mol. The number of hydrogen-bond donors (Lipinski definition) is 16. The van der Waals surface area contributed by atoms with Crippen LogP contribution in [-0.4, -0.2) is 227 Å². The molecule has 12 atom stereocenters. The van der Waals surface area contributed by atoms with Gasteiger partial charge in [0.15, 0.2) is 11.9 Å². The maximum Gasteiger partial charge on any atom is 0.322 e. The number of aromatic amines is 1. The first kappa shape index (κ1) is 64.8. The Morgan fingerprint density at radius 1 is 0.872 bits per heavy atom. The number of amides is 11. The lowest BCUT2D eigenvalue weighted by molar-refractivity contribution is -0.436. The van der Waals surface area contributed by atoms with Gasteiger partial charge in [-0.15, -0.1) is 0 Å². The summed E-state index contributed by atoms with van der Waals surface area (Å²) in [5.41, 5.74) is 8.27. The van der Waals surface area contributed by atoms with Crippen molar-refractivity contribution in [3.05, 3.63) is 23.4 Å².